The van der Waals surface area contributed by atoms with Gasteiger partial charge in [0.2, 0.25) is 0 Å². The van der Waals surface area contributed by atoms with Crippen LogP contribution in [0.4, 0.5) is 11.4 Å². The number of nitrogens with zero attached hydrogens (tertiary/aromatic N) is 3. The van der Waals surface area contributed by atoms with Gasteiger partial charge in [-0.05, 0) is 25.1 Å². The molecule has 0 amide bonds. The first-order valence-corrected chi connectivity index (χ1v) is 6.54. The Morgan fingerprint density at radius 3 is 2.70 bits per heavy atom. The van der Waals surface area contributed by atoms with Crippen molar-refractivity contribution in [3.63, 3.8) is 0 Å². The maximum Gasteiger partial charge on any atom is 0.295 e. The van der Waals surface area contributed by atoms with E-state index in [-0.39, 0.29) is 10.6 Å². The number of rotatable bonds is 2. The van der Waals surface area contributed by atoms with Crippen molar-refractivity contribution in [1.82, 2.24) is 4.98 Å². The van der Waals surface area contributed by atoms with E-state index in [2.05, 4.69) is 9.88 Å². The standard InChI is InChI=1S/C14H15N3O3/c1-10-2-3-11-12(16-6-8-20-9-7-16)4-5-13(17(18)19)14(11)15-10/h2-5H,6-9H2,1H3. The number of anilines is 1. The van der Waals surface area contributed by atoms with Gasteiger partial charge in [-0.15, -0.1) is 0 Å². The zero-order valence-electron chi connectivity index (χ0n) is 11.2. The fraction of sp³-hybridized carbons (Fsp3) is 0.357. The van der Waals surface area contributed by atoms with E-state index in [1.54, 1.807) is 6.07 Å². The smallest absolute Gasteiger partial charge is 0.295 e. The first-order chi connectivity index (χ1) is 9.66. The number of pyridine rings is 1. The zero-order chi connectivity index (χ0) is 14.1. The molecule has 1 fully saturated rings. The number of aryl methyl sites for hydroxylation is 1. The predicted octanol–water partition coefficient (Wildman–Crippen LogP) is 2.29. The van der Waals surface area contributed by atoms with E-state index in [9.17, 15) is 10.1 Å². The van der Waals surface area contributed by atoms with Crippen LogP contribution in [0.1, 0.15) is 5.69 Å². The number of benzene rings is 1. The molecular formula is C14H15N3O3. The second kappa shape index (κ2) is 5.05. The molecule has 20 heavy (non-hydrogen) atoms. The third kappa shape index (κ3) is 2.18. The van der Waals surface area contributed by atoms with Crippen LogP contribution in [0.5, 0.6) is 0 Å². The fourth-order valence-corrected chi connectivity index (χ4v) is 2.51. The maximum absolute atomic E-state index is 11.1. The maximum atomic E-state index is 11.1. The molecule has 1 aliphatic heterocycles. The van der Waals surface area contributed by atoms with Crippen molar-refractivity contribution in [2.75, 3.05) is 31.2 Å². The van der Waals surface area contributed by atoms with Gasteiger partial charge in [0.15, 0.2) is 5.52 Å². The molecule has 0 spiro atoms. The largest absolute Gasteiger partial charge is 0.378 e. The number of hydrogen-bond donors (Lipinski definition) is 0. The van der Waals surface area contributed by atoms with Gasteiger partial charge in [-0.1, -0.05) is 0 Å². The molecule has 0 N–H and O–H groups in total. The summed E-state index contributed by atoms with van der Waals surface area (Å²) < 4.78 is 5.35. The zero-order valence-corrected chi connectivity index (χ0v) is 11.2. The van der Waals surface area contributed by atoms with Gasteiger partial charge in [0.25, 0.3) is 5.69 Å². The fourth-order valence-electron chi connectivity index (χ4n) is 2.51. The molecule has 0 unspecified atom stereocenters. The number of nitro groups is 1. The number of aromatic nitrogens is 1. The van der Waals surface area contributed by atoms with Crippen LogP contribution < -0.4 is 4.90 Å². The van der Waals surface area contributed by atoms with Gasteiger partial charge in [0, 0.05) is 35.9 Å². The van der Waals surface area contributed by atoms with E-state index in [0.717, 1.165) is 29.9 Å². The normalized spacial score (nSPS) is 15.6. The Kier molecular flexibility index (Phi) is 3.23. The first-order valence-electron chi connectivity index (χ1n) is 6.54. The second-order valence-electron chi connectivity index (χ2n) is 4.81. The third-order valence-corrected chi connectivity index (χ3v) is 3.50. The average molecular weight is 273 g/mol. The summed E-state index contributed by atoms with van der Waals surface area (Å²) in [6, 6.07) is 7.15. The summed E-state index contributed by atoms with van der Waals surface area (Å²) in [6.45, 7) is 4.78. The predicted molar refractivity (Wildman–Crippen MR) is 76.2 cm³/mol. The number of non-ortho nitro benzene ring substituents is 1. The second-order valence-corrected chi connectivity index (χ2v) is 4.81. The van der Waals surface area contributed by atoms with Crippen LogP contribution in [0.25, 0.3) is 10.9 Å². The van der Waals surface area contributed by atoms with Crippen molar-refractivity contribution in [3.8, 4) is 0 Å². The number of ether oxygens (including phenoxy) is 1. The molecule has 0 bridgehead atoms. The summed E-state index contributed by atoms with van der Waals surface area (Å²) in [5, 5.41) is 12.0. The summed E-state index contributed by atoms with van der Waals surface area (Å²) >= 11 is 0. The molecule has 0 radical (unpaired) electrons. The lowest BCUT2D eigenvalue weighted by atomic mass is 10.1. The van der Waals surface area contributed by atoms with Crippen LogP contribution in [0.2, 0.25) is 0 Å². The molecule has 6 heteroatoms. The molecule has 0 saturated carbocycles. The third-order valence-electron chi connectivity index (χ3n) is 3.50. The van der Waals surface area contributed by atoms with E-state index >= 15 is 0 Å². The first kappa shape index (κ1) is 12.8. The van der Waals surface area contributed by atoms with Crippen LogP contribution in [-0.2, 0) is 4.74 Å². The summed E-state index contributed by atoms with van der Waals surface area (Å²) in [7, 11) is 0. The van der Waals surface area contributed by atoms with Crippen molar-refractivity contribution in [2.45, 2.75) is 6.92 Å². The van der Waals surface area contributed by atoms with Crippen molar-refractivity contribution < 1.29 is 9.66 Å². The Bertz CT molecular complexity index is 666. The van der Waals surface area contributed by atoms with E-state index < -0.39 is 0 Å². The van der Waals surface area contributed by atoms with Crippen LogP contribution in [0.15, 0.2) is 24.3 Å². The Morgan fingerprint density at radius 1 is 1.25 bits per heavy atom. The minimum absolute atomic E-state index is 0.0562. The Labute approximate surface area is 116 Å². The summed E-state index contributed by atoms with van der Waals surface area (Å²) in [5.41, 5.74) is 2.28. The van der Waals surface area contributed by atoms with Gasteiger partial charge in [-0.25, -0.2) is 4.98 Å². The number of hydrogen-bond acceptors (Lipinski definition) is 5. The Hall–Kier alpha value is -2.21. The Morgan fingerprint density at radius 2 is 2.00 bits per heavy atom. The summed E-state index contributed by atoms with van der Waals surface area (Å²) in [6.07, 6.45) is 0. The molecule has 1 aliphatic rings. The van der Waals surface area contributed by atoms with Crippen LogP contribution in [0, 0.1) is 17.0 Å². The van der Waals surface area contributed by atoms with Crippen molar-refractivity contribution in [2.24, 2.45) is 0 Å². The van der Waals surface area contributed by atoms with Crippen molar-refractivity contribution in [1.29, 1.82) is 0 Å². The van der Waals surface area contributed by atoms with Gasteiger partial charge in [-0.2, -0.15) is 0 Å². The molecule has 6 nitrogen and oxygen atoms in total. The van der Waals surface area contributed by atoms with Gasteiger partial charge < -0.3 is 9.64 Å². The summed E-state index contributed by atoms with van der Waals surface area (Å²) in [5.74, 6) is 0. The van der Waals surface area contributed by atoms with Gasteiger partial charge in [0.05, 0.1) is 18.1 Å². The molecule has 0 aliphatic carbocycles. The van der Waals surface area contributed by atoms with E-state index in [4.69, 9.17) is 4.74 Å². The molecular weight excluding hydrogens is 258 g/mol. The van der Waals surface area contributed by atoms with Crippen molar-refractivity contribution >= 4 is 22.3 Å². The van der Waals surface area contributed by atoms with E-state index in [0.29, 0.717) is 18.7 Å². The SMILES string of the molecule is Cc1ccc2c(N3CCOCC3)ccc([N+](=O)[O-])c2n1. The number of morpholine rings is 1. The lowest BCUT2D eigenvalue weighted by molar-refractivity contribution is -0.383. The Balaban J connectivity index is 2.19. The highest BCUT2D eigenvalue weighted by Crippen LogP contribution is 2.32. The molecule has 1 aromatic heterocycles. The van der Waals surface area contributed by atoms with E-state index in [1.807, 2.05) is 25.1 Å². The summed E-state index contributed by atoms with van der Waals surface area (Å²) in [4.78, 5) is 17.3. The highest BCUT2D eigenvalue weighted by Gasteiger charge is 2.20. The molecule has 1 aromatic carbocycles. The van der Waals surface area contributed by atoms with Crippen LogP contribution in [-0.4, -0.2) is 36.2 Å². The van der Waals surface area contributed by atoms with E-state index in [1.165, 1.54) is 0 Å². The molecule has 2 aromatic rings. The van der Waals surface area contributed by atoms with Crippen molar-refractivity contribution in [3.05, 3.63) is 40.1 Å². The van der Waals surface area contributed by atoms with Gasteiger partial charge in [0.1, 0.15) is 0 Å². The lowest BCUT2D eigenvalue weighted by Crippen LogP contribution is -2.36. The quantitative estimate of drug-likeness (QED) is 0.620. The highest BCUT2D eigenvalue weighted by molar-refractivity contribution is 5.97. The minimum Gasteiger partial charge on any atom is -0.378 e. The minimum atomic E-state index is -0.377. The molecule has 1 saturated heterocycles. The number of fused-ring (bicyclic) bond motifs is 1. The molecule has 2 heterocycles. The lowest BCUT2D eigenvalue weighted by Gasteiger charge is -2.29. The monoisotopic (exact) mass is 273 g/mol. The highest BCUT2D eigenvalue weighted by atomic mass is 16.6. The average Bonchev–Trinajstić information content (AvgIpc) is 2.46. The molecule has 3 rings (SSSR count). The van der Waals surface area contributed by atoms with Gasteiger partial charge >= 0.3 is 0 Å². The van der Waals surface area contributed by atoms with Crippen LogP contribution in [0.3, 0.4) is 0 Å². The molecule has 0 atom stereocenters. The number of nitro benzene ring substituents is 1. The topological polar surface area (TPSA) is 68.5 Å². The van der Waals surface area contributed by atoms with Gasteiger partial charge in [-0.3, -0.25) is 10.1 Å². The van der Waals surface area contributed by atoms with Crippen LogP contribution >= 0.6 is 0 Å². The molecule has 104 valence electrons.